The van der Waals surface area contributed by atoms with Gasteiger partial charge < -0.3 is 28.7 Å². The molecule has 0 aliphatic heterocycles. The molecule has 0 aliphatic rings. The smallest absolute Gasteiger partial charge is 0.369 e. The summed E-state index contributed by atoms with van der Waals surface area (Å²) < 4.78 is 46.5. The summed E-state index contributed by atoms with van der Waals surface area (Å²) in [5.74, 6) is 0. The van der Waals surface area contributed by atoms with Gasteiger partial charge in [-0.2, -0.15) is 0 Å². The Morgan fingerprint density at radius 1 is 0.656 bits per heavy atom. The van der Waals surface area contributed by atoms with Crippen molar-refractivity contribution >= 4 is 26.4 Å². The highest BCUT2D eigenvalue weighted by Crippen LogP contribution is 2.16. The summed E-state index contributed by atoms with van der Waals surface area (Å²) in [6, 6.07) is 0. The van der Waals surface area contributed by atoms with Gasteiger partial charge in [-0.1, -0.05) is 66.7 Å². The molecule has 0 aliphatic carbocycles. The largest absolute Gasteiger partial charge is 0.679 e. The topological polar surface area (TPSA) is 137 Å². The third-order valence-corrected chi connectivity index (χ3v) is 6.32. The van der Waals surface area contributed by atoms with E-state index in [4.69, 9.17) is 27.2 Å². The fourth-order valence-corrected chi connectivity index (χ4v) is 4.18. The molecule has 0 rings (SSSR count). The Bertz CT molecular complexity index is 316. The van der Waals surface area contributed by atoms with E-state index in [0.717, 1.165) is 64.2 Å². The lowest BCUT2D eigenvalue weighted by molar-refractivity contribution is -0.0368. The fourth-order valence-electron chi connectivity index (χ4n) is 1.87. The number of quaternary nitrogens is 1. The summed E-state index contributed by atoms with van der Waals surface area (Å²) >= 11 is 0. The monoisotopic (exact) mass is 523 g/mol. The molecule has 0 aromatic heterocycles. The molecule has 1 atom stereocenters. The minimum Gasteiger partial charge on any atom is -0.369 e. The average molecular weight is 524 g/mol. The molecule has 0 aromatic rings. The van der Waals surface area contributed by atoms with Gasteiger partial charge in [0.15, 0.2) is 0 Å². The van der Waals surface area contributed by atoms with E-state index in [-0.39, 0.29) is 6.15 Å². The van der Waals surface area contributed by atoms with Crippen molar-refractivity contribution in [1.29, 1.82) is 0 Å². The van der Waals surface area contributed by atoms with Crippen molar-refractivity contribution < 1.29 is 36.3 Å². The fraction of sp³-hybridized carbons (Fsp3) is 1.00. The van der Waals surface area contributed by atoms with E-state index in [2.05, 4.69) is 39.1 Å². The van der Waals surface area contributed by atoms with Crippen molar-refractivity contribution in [2.75, 3.05) is 33.0 Å². The molecule has 32 heavy (non-hydrogen) atoms. The molecule has 0 fully saturated rings. The molecular weight excluding hydrogens is 472 g/mol. The van der Waals surface area contributed by atoms with Gasteiger partial charge in [-0.3, -0.25) is 0 Å². The van der Waals surface area contributed by atoms with Crippen LogP contribution in [0.3, 0.4) is 0 Å². The third-order valence-electron chi connectivity index (χ3n) is 3.77. The molecule has 12 heteroatoms. The summed E-state index contributed by atoms with van der Waals surface area (Å²) in [5, 5.41) is 0. The molecule has 0 saturated carbocycles. The van der Waals surface area contributed by atoms with Gasteiger partial charge in [-0.15, -0.1) is 4.52 Å². The van der Waals surface area contributed by atoms with Crippen molar-refractivity contribution in [2.45, 2.75) is 98.8 Å². The molecule has 9 nitrogen and oxygen atoms in total. The zero-order valence-electron chi connectivity index (χ0n) is 21.4. The van der Waals surface area contributed by atoms with Crippen LogP contribution in [-0.4, -0.2) is 47.0 Å². The van der Waals surface area contributed by atoms with Crippen LogP contribution >= 0.6 is 17.4 Å². The maximum absolute atomic E-state index is 9.61. The highest BCUT2D eigenvalue weighted by Gasteiger charge is 2.45. The molecular formula is C20H51NO8P2Si+2. The Kier molecular flexibility index (Phi) is 43.9. The van der Waals surface area contributed by atoms with Crippen LogP contribution in [0.15, 0.2) is 0 Å². The first-order valence-electron chi connectivity index (χ1n) is 11.6. The second-order valence-corrected chi connectivity index (χ2v) is 9.45. The maximum Gasteiger partial charge on any atom is 0.679 e. The summed E-state index contributed by atoms with van der Waals surface area (Å²) in [7, 11) is -4.36. The van der Waals surface area contributed by atoms with Crippen LogP contribution in [-0.2, 0) is 31.4 Å². The highest BCUT2D eigenvalue weighted by atomic mass is 31.1. The van der Waals surface area contributed by atoms with Gasteiger partial charge in [0, 0.05) is 26.4 Å². The first kappa shape index (κ1) is 39.4. The number of rotatable bonds is 20. The second-order valence-electron chi connectivity index (χ2n) is 6.68. The number of hydrogen-bond donors (Lipinski definition) is 2. The first-order chi connectivity index (χ1) is 15.1. The SMILES string of the molecule is CCCCO[PH+]=O.CCCCO[Si](OCCCC)(OCCCC)OCCCC.O=PO.[NH4+]. The lowest BCUT2D eigenvalue weighted by atomic mass is 10.4. The Morgan fingerprint density at radius 2 is 0.906 bits per heavy atom. The Balaban J connectivity index is -0.000000298. The molecule has 0 bridgehead atoms. The molecule has 0 spiro atoms. The minimum atomic E-state index is -2.94. The molecule has 5 N–H and O–H groups in total. The zero-order chi connectivity index (χ0) is 24.1. The summed E-state index contributed by atoms with van der Waals surface area (Å²) in [6.45, 7) is 14.0. The van der Waals surface area contributed by atoms with E-state index >= 15 is 0 Å². The van der Waals surface area contributed by atoms with E-state index in [0.29, 0.717) is 33.0 Å². The van der Waals surface area contributed by atoms with Crippen LogP contribution in [0.5, 0.6) is 0 Å². The molecule has 196 valence electrons. The second kappa shape index (κ2) is 35.7. The van der Waals surface area contributed by atoms with Gasteiger partial charge in [0.1, 0.15) is 6.61 Å². The predicted octanol–water partition coefficient (Wildman–Crippen LogP) is 6.99. The summed E-state index contributed by atoms with van der Waals surface area (Å²) in [4.78, 5) is 6.99. The van der Waals surface area contributed by atoms with Gasteiger partial charge in [0.25, 0.3) is 0 Å². The molecule has 0 saturated heterocycles. The Morgan fingerprint density at radius 3 is 1.12 bits per heavy atom. The normalized spacial score (nSPS) is 10.7. The Hall–Kier alpha value is 0.137. The van der Waals surface area contributed by atoms with E-state index in [9.17, 15) is 4.57 Å². The third kappa shape index (κ3) is 32.3. The van der Waals surface area contributed by atoms with E-state index in [1.807, 2.05) is 0 Å². The lowest BCUT2D eigenvalue weighted by Gasteiger charge is -2.28. The van der Waals surface area contributed by atoms with Gasteiger partial charge >= 0.3 is 26.4 Å². The average Bonchev–Trinajstić information content (AvgIpc) is 2.76. The van der Waals surface area contributed by atoms with E-state index in [1.165, 1.54) is 0 Å². The Labute approximate surface area is 200 Å². The van der Waals surface area contributed by atoms with Crippen LogP contribution in [0.4, 0.5) is 0 Å². The van der Waals surface area contributed by atoms with Crippen molar-refractivity contribution in [2.24, 2.45) is 0 Å². The minimum absolute atomic E-state index is 0. The van der Waals surface area contributed by atoms with Crippen molar-refractivity contribution in [3.63, 3.8) is 0 Å². The van der Waals surface area contributed by atoms with E-state index in [1.54, 1.807) is 0 Å². The van der Waals surface area contributed by atoms with Crippen molar-refractivity contribution in [3.05, 3.63) is 0 Å². The van der Waals surface area contributed by atoms with Gasteiger partial charge in [-0.25, -0.2) is 4.57 Å². The standard InChI is InChI=1S/C16H36O4Si.C4H10O2P.H3N.HO2P/c1-5-9-13-17-21(18-14-10-6-2,19-15-11-7-3)20-16-12-8-4;1-2-3-4-6-7-5;;1-3-2/h5-16H2,1-4H3;7H,2-4H2,1H3;1H3;(H,1,2)/q;+1;;/p+1. The van der Waals surface area contributed by atoms with E-state index < -0.39 is 26.4 Å². The summed E-state index contributed by atoms with van der Waals surface area (Å²) in [5.41, 5.74) is 0. The molecule has 0 heterocycles. The molecule has 0 radical (unpaired) electrons. The van der Waals surface area contributed by atoms with Crippen LogP contribution in [0.2, 0.25) is 0 Å². The number of hydrogen-bond acceptors (Lipinski definition) is 7. The van der Waals surface area contributed by atoms with Crippen LogP contribution < -0.4 is 6.15 Å². The van der Waals surface area contributed by atoms with Gasteiger partial charge in [0.2, 0.25) is 0 Å². The number of unbranched alkanes of at least 4 members (excludes halogenated alkanes) is 5. The first-order valence-corrected chi connectivity index (χ1v) is 14.8. The van der Waals surface area contributed by atoms with Crippen LogP contribution in [0.1, 0.15) is 98.8 Å². The van der Waals surface area contributed by atoms with Gasteiger partial charge in [-0.05, 0) is 36.7 Å². The predicted molar refractivity (Wildman–Crippen MR) is 135 cm³/mol. The molecule has 1 unspecified atom stereocenters. The molecule has 0 amide bonds. The zero-order valence-corrected chi connectivity index (χ0v) is 24.3. The highest BCUT2D eigenvalue weighted by molar-refractivity contribution is 7.17. The van der Waals surface area contributed by atoms with Gasteiger partial charge in [0.05, 0.1) is 0 Å². The summed E-state index contributed by atoms with van der Waals surface area (Å²) in [6.07, 6.45) is 10.6. The molecule has 0 aromatic carbocycles. The van der Waals surface area contributed by atoms with Crippen LogP contribution in [0, 0.1) is 0 Å². The maximum atomic E-state index is 9.61. The lowest BCUT2D eigenvalue weighted by Crippen LogP contribution is -2.50. The van der Waals surface area contributed by atoms with Crippen molar-refractivity contribution in [3.8, 4) is 0 Å². The van der Waals surface area contributed by atoms with Crippen LogP contribution in [0.25, 0.3) is 0 Å². The van der Waals surface area contributed by atoms with Crippen molar-refractivity contribution in [1.82, 2.24) is 6.15 Å². The quantitative estimate of drug-likeness (QED) is 0.0989.